The van der Waals surface area contributed by atoms with Crippen molar-refractivity contribution in [2.45, 2.75) is 56.4 Å². The van der Waals surface area contributed by atoms with E-state index in [1.54, 1.807) is 12.1 Å². The van der Waals surface area contributed by atoms with Crippen molar-refractivity contribution in [3.8, 4) is 0 Å². The zero-order valence-corrected chi connectivity index (χ0v) is 12.7. The van der Waals surface area contributed by atoms with Crippen molar-refractivity contribution >= 4 is 5.97 Å². The molecule has 5 heteroatoms. The van der Waals surface area contributed by atoms with Gasteiger partial charge in [-0.2, -0.15) is 0 Å². The van der Waals surface area contributed by atoms with Crippen LogP contribution in [0.2, 0.25) is 0 Å². The standard InChI is InChI=1S/C17H22FNO3/c1-19-13-5-6-14(19)10-15(9-13)22-17(21)16(20)8-11-3-2-4-12(18)7-11/h2-4,7,13-16,20H,5-6,8-10H2,1H3/t13-,14+,15?,16-/m1/s1. The van der Waals surface area contributed by atoms with Gasteiger partial charge in [0.2, 0.25) is 0 Å². The summed E-state index contributed by atoms with van der Waals surface area (Å²) in [5, 5.41) is 9.98. The van der Waals surface area contributed by atoms with Crippen LogP contribution in [0.4, 0.5) is 4.39 Å². The SMILES string of the molecule is CN1[C@@H]2CC[C@H]1CC(OC(=O)[C@H](O)Cc1cccc(F)c1)C2. The number of carbonyl (C=O) groups excluding carboxylic acids is 1. The zero-order chi connectivity index (χ0) is 15.7. The van der Waals surface area contributed by atoms with Crippen LogP contribution in [-0.4, -0.2) is 47.3 Å². The molecule has 120 valence electrons. The first-order chi connectivity index (χ1) is 10.5. The Hall–Kier alpha value is -1.46. The topological polar surface area (TPSA) is 49.8 Å². The Kier molecular flexibility index (Phi) is 4.45. The zero-order valence-electron chi connectivity index (χ0n) is 12.7. The van der Waals surface area contributed by atoms with E-state index >= 15 is 0 Å². The molecule has 0 aromatic heterocycles. The van der Waals surface area contributed by atoms with Crippen LogP contribution in [0.15, 0.2) is 24.3 Å². The molecule has 22 heavy (non-hydrogen) atoms. The summed E-state index contributed by atoms with van der Waals surface area (Å²) < 4.78 is 18.6. The highest BCUT2D eigenvalue weighted by Crippen LogP contribution is 2.35. The van der Waals surface area contributed by atoms with Crippen LogP contribution in [0.5, 0.6) is 0 Å². The van der Waals surface area contributed by atoms with Gasteiger partial charge in [-0.25, -0.2) is 9.18 Å². The molecule has 2 aliphatic heterocycles. The number of carbonyl (C=O) groups is 1. The third-order valence-electron chi connectivity index (χ3n) is 4.93. The molecule has 3 rings (SSSR count). The third kappa shape index (κ3) is 3.31. The second-order valence-corrected chi connectivity index (χ2v) is 6.43. The normalized spacial score (nSPS) is 29.3. The number of aliphatic hydroxyl groups excluding tert-OH is 1. The van der Waals surface area contributed by atoms with E-state index in [-0.39, 0.29) is 18.3 Å². The van der Waals surface area contributed by atoms with E-state index in [2.05, 4.69) is 11.9 Å². The maximum absolute atomic E-state index is 13.1. The van der Waals surface area contributed by atoms with Crippen LogP contribution in [0.3, 0.4) is 0 Å². The van der Waals surface area contributed by atoms with Gasteiger partial charge in [0.25, 0.3) is 0 Å². The lowest BCUT2D eigenvalue weighted by molar-refractivity contribution is -0.162. The minimum atomic E-state index is -1.24. The summed E-state index contributed by atoms with van der Waals surface area (Å²) in [7, 11) is 2.12. The van der Waals surface area contributed by atoms with E-state index in [1.165, 1.54) is 12.1 Å². The number of rotatable bonds is 4. The third-order valence-corrected chi connectivity index (χ3v) is 4.93. The van der Waals surface area contributed by atoms with Crippen molar-refractivity contribution in [2.75, 3.05) is 7.05 Å². The monoisotopic (exact) mass is 307 g/mol. The molecule has 1 N–H and O–H groups in total. The highest BCUT2D eigenvalue weighted by Gasteiger charge is 2.40. The predicted molar refractivity (Wildman–Crippen MR) is 79.8 cm³/mol. The smallest absolute Gasteiger partial charge is 0.335 e. The van der Waals surface area contributed by atoms with Crippen molar-refractivity contribution in [2.24, 2.45) is 0 Å². The second kappa shape index (κ2) is 6.34. The van der Waals surface area contributed by atoms with Crippen LogP contribution >= 0.6 is 0 Å². The van der Waals surface area contributed by atoms with Crippen molar-refractivity contribution in [1.82, 2.24) is 4.90 Å². The molecule has 0 aliphatic carbocycles. The first kappa shape index (κ1) is 15.4. The number of benzene rings is 1. The highest BCUT2D eigenvalue weighted by atomic mass is 19.1. The summed E-state index contributed by atoms with van der Waals surface area (Å²) in [6, 6.07) is 6.88. The van der Waals surface area contributed by atoms with Crippen LogP contribution in [0, 0.1) is 5.82 Å². The molecular formula is C17H22FNO3. The maximum Gasteiger partial charge on any atom is 0.335 e. The molecule has 2 aliphatic rings. The molecule has 0 spiro atoms. The predicted octanol–water partition coefficient (Wildman–Crippen LogP) is 1.90. The van der Waals surface area contributed by atoms with Gasteiger partial charge >= 0.3 is 5.97 Å². The lowest BCUT2D eigenvalue weighted by atomic mass is 10.0. The molecule has 0 saturated carbocycles. The molecule has 2 heterocycles. The molecule has 1 unspecified atom stereocenters. The fourth-order valence-electron chi connectivity index (χ4n) is 3.67. The van der Waals surface area contributed by atoms with Gasteiger partial charge in [-0.3, -0.25) is 0 Å². The van der Waals surface area contributed by atoms with Crippen molar-refractivity contribution in [1.29, 1.82) is 0 Å². The minimum Gasteiger partial charge on any atom is -0.460 e. The Morgan fingerprint density at radius 3 is 2.73 bits per heavy atom. The Labute approximate surface area is 129 Å². The van der Waals surface area contributed by atoms with E-state index in [0.717, 1.165) is 25.7 Å². The van der Waals surface area contributed by atoms with Crippen LogP contribution in [-0.2, 0) is 16.0 Å². The summed E-state index contributed by atoms with van der Waals surface area (Å²) in [4.78, 5) is 14.4. The quantitative estimate of drug-likeness (QED) is 0.863. The number of fused-ring (bicyclic) bond motifs is 2. The van der Waals surface area contributed by atoms with Gasteiger partial charge in [0.05, 0.1) is 0 Å². The number of aliphatic hydroxyl groups is 1. The Morgan fingerprint density at radius 2 is 2.09 bits per heavy atom. The largest absolute Gasteiger partial charge is 0.460 e. The van der Waals surface area contributed by atoms with Gasteiger partial charge < -0.3 is 14.7 Å². The first-order valence-electron chi connectivity index (χ1n) is 7.88. The molecule has 4 nitrogen and oxygen atoms in total. The van der Waals surface area contributed by atoms with Crippen LogP contribution < -0.4 is 0 Å². The van der Waals surface area contributed by atoms with E-state index in [0.29, 0.717) is 17.6 Å². The lowest BCUT2D eigenvalue weighted by Gasteiger charge is -2.36. The second-order valence-electron chi connectivity index (χ2n) is 6.43. The average Bonchev–Trinajstić information content (AvgIpc) is 2.70. The number of halogens is 1. The van der Waals surface area contributed by atoms with E-state index < -0.39 is 12.1 Å². The molecule has 2 fully saturated rings. The van der Waals surface area contributed by atoms with Gasteiger partial charge in [-0.1, -0.05) is 12.1 Å². The maximum atomic E-state index is 13.1. The molecule has 0 amide bonds. The molecular weight excluding hydrogens is 285 g/mol. The van der Waals surface area contributed by atoms with E-state index in [9.17, 15) is 14.3 Å². The Morgan fingerprint density at radius 1 is 1.41 bits per heavy atom. The molecule has 2 bridgehead atoms. The van der Waals surface area contributed by atoms with Gasteiger partial charge in [-0.05, 0) is 50.4 Å². The van der Waals surface area contributed by atoms with Gasteiger partial charge in [-0.15, -0.1) is 0 Å². The number of ether oxygens (including phenoxy) is 1. The van der Waals surface area contributed by atoms with Gasteiger partial charge in [0.1, 0.15) is 11.9 Å². The van der Waals surface area contributed by atoms with E-state index in [4.69, 9.17) is 4.74 Å². The lowest BCUT2D eigenvalue weighted by Crippen LogP contribution is -2.44. The van der Waals surface area contributed by atoms with Crippen molar-refractivity contribution in [3.63, 3.8) is 0 Å². The van der Waals surface area contributed by atoms with Gasteiger partial charge in [0, 0.05) is 18.5 Å². The molecule has 1 aromatic rings. The summed E-state index contributed by atoms with van der Waals surface area (Å²) in [5.74, 6) is -0.969. The van der Waals surface area contributed by atoms with Crippen LogP contribution in [0.25, 0.3) is 0 Å². The fraction of sp³-hybridized carbons (Fsp3) is 0.588. The highest BCUT2D eigenvalue weighted by molar-refractivity contribution is 5.75. The number of hydrogen-bond donors (Lipinski definition) is 1. The van der Waals surface area contributed by atoms with Crippen molar-refractivity contribution < 1.29 is 19.0 Å². The average molecular weight is 307 g/mol. The van der Waals surface area contributed by atoms with E-state index in [1.807, 2.05) is 0 Å². The minimum absolute atomic E-state index is 0.0794. The molecule has 2 saturated heterocycles. The number of piperidine rings is 1. The van der Waals surface area contributed by atoms with Gasteiger partial charge in [0.15, 0.2) is 6.10 Å². The summed E-state index contributed by atoms with van der Waals surface area (Å²) in [5.41, 5.74) is 0.591. The fourth-order valence-corrected chi connectivity index (χ4v) is 3.67. The molecule has 0 radical (unpaired) electrons. The number of hydrogen-bond acceptors (Lipinski definition) is 4. The number of nitrogens with zero attached hydrogens (tertiary/aromatic N) is 1. The summed E-state index contributed by atoms with van der Waals surface area (Å²) in [6.07, 6.45) is 2.72. The Bertz CT molecular complexity index is 536. The number of esters is 1. The first-order valence-corrected chi connectivity index (χ1v) is 7.88. The molecule has 1 aromatic carbocycles. The van der Waals surface area contributed by atoms with Crippen LogP contribution in [0.1, 0.15) is 31.2 Å². The molecule has 4 atom stereocenters. The van der Waals surface area contributed by atoms with Crippen molar-refractivity contribution in [3.05, 3.63) is 35.6 Å². The summed E-state index contributed by atoms with van der Waals surface area (Å²) >= 11 is 0. The Balaban J connectivity index is 1.53. The summed E-state index contributed by atoms with van der Waals surface area (Å²) in [6.45, 7) is 0.